The molecule has 0 aliphatic carbocycles. The lowest BCUT2D eigenvalue weighted by atomic mass is 9.91. The van der Waals surface area contributed by atoms with Gasteiger partial charge in [-0.25, -0.2) is 0 Å². The van der Waals surface area contributed by atoms with E-state index in [2.05, 4.69) is 4.98 Å². The largest absolute Gasteiger partial charge is 0.328 e. The molecule has 0 aliphatic heterocycles. The molecule has 0 bridgehead atoms. The molecule has 1 unspecified atom stereocenters. The number of pyridine rings is 1. The number of rotatable bonds is 2. The summed E-state index contributed by atoms with van der Waals surface area (Å²) in [4.78, 5) is 4.27. The molecule has 0 aliphatic rings. The number of nitrogens with two attached hydrogens (primary N) is 2. The number of nitrogens with zero attached hydrogens (tertiary/aromatic N) is 1. The van der Waals surface area contributed by atoms with Crippen molar-refractivity contribution in [2.45, 2.75) is 12.5 Å². The zero-order chi connectivity index (χ0) is 11.8. The van der Waals surface area contributed by atoms with Crippen LogP contribution in [0.3, 0.4) is 0 Å². The maximum absolute atomic E-state index is 6.16. The van der Waals surface area contributed by atoms with Gasteiger partial charge in [-0.2, -0.15) is 0 Å². The number of hydrogen-bond acceptors (Lipinski definition) is 3. The summed E-state index contributed by atoms with van der Waals surface area (Å²) in [5.74, 6) is 0. The molecular weight excluding hydrogens is 293 g/mol. The van der Waals surface area contributed by atoms with Gasteiger partial charge in [0.25, 0.3) is 0 Å². The monoisotopic (exact) mass is 307 g/mol. The maximum Gasteiger partial charge on any atom is 0.0720 e. The quantitative estimate of drug-likeness (QED) is 0.896. The first-order valence-electron chi connectivity index (χ1n) is 5.08. The van der Waals surface area contributed by atoms with Gasteiger partial charge in [0.05, 0.1) is 11.1 Å². The van der Waals surface area contributed by atoms with Gasteiger partial charge in [-0.15, -0.1) is 24.8 Å². The van der Waals surface area contributed by atoms with Crippen LogP contribution in [0.5, 0.6) is 0 Å². The van der Waals surface area contributed by atoms with Crippen LogP contribution in [0.4, 0.5) is 0 Å². The first-order valence-corrected chi connectivity index (χ1v) is 5.46. The molecule has 0 saturated heterocycles. The SMILES string of the molecule is CC(N)(CN)c1ccnc2cc(Cl)ccc12.Cl.Cl. The van der Waals surface area contributed by atoms with Crippen LogP contribution in [-0.2, 0) is 5.54 Å². The Labute approximate surface area is 124 Å². The second-order valence-corrected chi connectivity index (χ2v) is 4.58. The Balaban J connectivity index is 0.00000144. The zero-order valence-electron chi connectivity index (χ0n) is 9.89. The van der Waals surface area contributed by atoms with Crippen molar-refractivity contribution < 1.29 is 0 Å². The van der Waals surface area contributed by atoms with Gasteiger partial charge in [0.15, 0.2) is 0 Å². The molecule has 0 fully saturated rings. The molecule has 1 atom stereocenters. The summed E-state index contributed by atoms with van der Waals surface area (Å²) in [6, 6.07) is 7.50. The van der Waals surface area contributed by atoms with Gasteiger partial charge in [-0.1, -0.05) is 17.7 Å². The summed E-state index contributed by atoms with van der Waals surface area (Å²) in [5, 5.41) is 1.67. The van der Waals surface area contributed by atoms with Gasteiger partial charge in [0.1, 0.15) is 0 Å². The minimum Gasteiger partial charge on any atom is -0.328 e. The van der Waals surface area contributed by atoms with Gasteiger partial charge in [-0.3, -0.25) is 4.98 Å². The van der Waals surface area contributed by atoms with Crippen molar-refractivity contribution in [2.75, 3.05) is 6.54 Å². The highest BCUT2D eigenvalue weighted by Crippen LogP contribution is 2.26. The van der Waals surface area contributed by atoms with Crippen LogP contribution in [0.2, 0.25) is 5.02 Å². The molecule has 2 rings (SSSR count). The summed E-state index contributed by atoms with van der Waals surface area (Å²) >= 11 is 5.92. The number of aromatic nitrogens is 1. The Morgan fingerprint density at radius 1 is 1.28 bits per heavy atom. The van der Waals surface area contributed by atoms with Gasteiger partial charge in [-0.05, 0) is 30.7 Å². The second-order valence-electron chi connectivity index (χ2n) is 4.14. The van der Waals surface area contributed by atoms with Gasteiger partial charge in [0, 0.05) is 23.2 Å². The highest BCUT2D eigenvalue weighted by molar-refractivity contribution is 6.31. The van der Waals surface area contributed by atoms with E-state index >= 15 is 0 Å². The van der Waals surface area contributed by atoms with Gasteiger partial charge < -0.3 is 11.5 Å². The van der Waals surface area contributed by atoms with Crippen molar-refractivity contribution in [2.24, 2.45) is 11.5 Å². The highest BCUT2D eigenvalue weighted by Gasteiger charge is 2.21. The third-order valence-corrected chi connectivity index (χ3v) is 2.98. The molecule has 0 spiro atoms. The van der Waals surface area contributed by atoms with Crippen molar-refractivity contribution in [3.05, 3.63) is 41.0 Å². The number of halogens is 3. The molecule has 3 nitrogen and oxygen atoms in total. The number of benzene rings is 1. The molecule has 18 heavy (non-hydrogen) atoms. The number of fused-ring (bicyclic) bond motifs is 1. The van der Waals surface area contributed by atoms with E-state index in [4.69, 9.17) is 23.1 Å². The third kappa shape index (κ3) is 3.25. The lowest BCUT2D eigenvalue weighted by molar-refractivity contribution is 0.512. The lowest BCUT2D eigenvalue weighted by Gasteiger charge is -2.24. The smallest absolute Gasteiger partial charge is 0.0720 e. The fraction of sp³-hybridized carbons (Fsp3) is 0.250. The average Bonchev–Trinajstić information content (AvgIpc) is 2.27. The predicted molar refractivity (Wildman–Crippen MR) is 81.8 cm³/mol. The van der Waals surface area contributed by atoms with Gasteiger partial charge >= 0.3 is 0 Å². The summed E-state index contributed by atoms with van der Waals surface area (Å²) < 4.78 is 0. The van der Waals surface area contributed by atoms with Crippen LogP contribution in [0, 0.1) is 0 Å². The van der Waals surface area contributed by atoms with Crippen molar-refractivity contribution in [1.29, 1.82) is 0 Å². The molecule has 1 aromatic carbocycles. The van der Waals surface area contributed by atoms with E-state index in [0.717, 1.165) is 16.5 Å². The number of hydrogen-bond donors (Lipinski definition) is 2. The van der Waals surface area contributed by atoms with Crippen LogP contribution in [-0.4, -0.2) is 11.5 Å². The van der Waals surface area contributed by atoms with E-state index in [-0.39, 0.29) is 24.8 Å². The van der Waals surface area contributed by atoms with E-state index in [9.17, 15) is 0 Å². The Morgan fingerprint density at radius 3 is 2.56 bits per heavy atom. The topological polar surface area (TPSA) is 64.9 Å². The fourth-order valence-corrected chi connectivity index (χ4v) is 1.90. The van der Waals surface area contributed by atoms with Crippen molar-refractivity contribution in [3.63, 3.8) is 0 Å². The van der Waals surface area contributed by atoms with Crippen LogP contribution in [0.15, 0.2) is 30.5 Å². The van der Waals surface area contributed by atoms with Crippen molar-refractivity contribution in [3.8, 4) is 0 Å². The minimum absolute atomic E-state index is 0. The zero-order valence-corrected chi connectivity index (χ0v) is 12.3. The summed E-state index contributed by atoms with van der Waals surface area (Å²) in [7, 11) is 0. The maximum atomic E-state index is 6.16. The molecule has 2 aromatic rings. The van der Waals surface area contributed by atoms with Crippen LogP contribution in [0.25, 0.3) is 10.9 Å². The van der Waals surface area contributed by atoms with Crippen molar-refractivity contribution >= 4 is 47.3 Å². The second kappa shape index (κ2) is 6.55. The predicted octanol–water partition coefficient (Wildman–Crippen LogP) is 2.86. The van der Waals surface area contributed by atoms with E-state index < -0.39 is 5.54 Å². The molecule has 6 heteroatoms. The Hall–Kier alpha value is -0.580. The molecule has 4 N–H and O–H groups in total. The first kappa shape index (κ1) is 17.4. The van der Waals surface area contributed by atoms with E-state index in [1.54, 1.807) is 6.20 Å². The third-order valence-electron chi connectivity index (χ3n) is 2.74. The minimum atomic E-state index is -0.547. The lowest BCUT2D eigenvalue weighted by Crippen LogP contribution is -2.41. The Morgan fingerprint density at radius 2 is 1.94 bits per heavy atom. The van der Waals surface area contributed by atoms with Crippen molar-refractivity contribution in [1.82, 2.24) is 4.98 Å². The molecule has 1 heterocycles. The summed E-state index contributed by atoms with van der Waals surface area (Å²) in [6.07, 6.45) is 1.73. The molecular formula is C12H16Cl3N3. The van der Waals surface area contributed by atoms with Crippen LogP contribution < -0.4 is 11.5 Å². The van der Waals surface area contributed by atoms with Crippen LogP contribution >= 0.6 is 36.4 Å². The standard InChI is InChI=1S/C12H14ClN3.2ClH/c1-12(15,7-14)10-4-5-16-11-6-8(13)2-3-9(10)11;;/h2-6H,7,14-15H2,1H3;2*1H. The molecule has 0 radical (unpaired) electrons. The van der Waals surface area contributed by atoms with E-state index in [0.29, 0.717) is 11.6 Å². The highest BCUT2D eigenvalue weighted by atomic mass is 35.5. The summed E-state index contributed by atoms with van der Waals surface area (Å²) in [5.41, 5.74) is 13.1. The summed E-state index contributed by atoms with van der Waals surface area (Å²) in [6.45, 7) is 2.30. The van der Waals surface area contributed by atoms with Gasteiger partial charge in [0.2, 0.25) is 0 Å². The fourth-order valence-electron chi connectivity index (χ4n) is 1.73. The average molecular weight is 309 g/mol. The molecule has 0 saturated carbocycles. The Bertz CT molecular complexity index is 529. The normalized spacial score (nSPS) is 13.3. The van der Waals surface area contributed by atoms with E-state index in [1.807, 2.05) is 31.2 Å². The first-order chi connectivity index (χ1) is 7.54. The van der Waals surface area contributed by atoms with Crippen LogP contribution in [0.1, 0.15) is 12.5 Å². The van der Waals surface area contributed by atoms with E-state index in [1.165, 1.54) is 0 Å². The molecule has 0 amide bonds. The molecule has 1 aromatic heterocycles. The Kier molecular flexibility index (Phi) is 6.34. The molecule has 100 valence electrons.